The third kappa shape index (κ3) is 5.35. The maximum Gasteiger partial charge on any atom is 0.164 e. The zero-order valence-corrected chi connectivity index (χ0v) is 11.9. The zero-order chi connectivity index (χ0) is 15.1. The minimum absolute atomic E-state index is 0.0633. The van der Waals surface area contributed by atoms with Gasteiger partial charge in [0.2, 0.25) is 0 Å². The second-order valence-electron chi connectivity index (χ2n) is 5.04. The summed E-state index contributed by atoms with van der Waals surface area (Å²) < 4.78 is 26.1. The molecule has 3 nitrogen and oxygen atoms in total. The standard InChI is InChI=1S/C15H21F2NO2/c1-11(2)18(5-3-7-19)6-4-15(20)12-8-13(16)10-14(17)9-12/h8-11,19H,3-7H2,1-2H3. The van der Waals surface area contributed by atoms with Crippen LogP contribution in [0.4, 0.5) is 8.78 Å². The first-order valence-corrected chi connectivity index (χ1v) is 6.78. The lowest BCUT2D eigenvalue weighted by molar-refractivity contribution is 0.0952. The number of rotatable bonds is 8. The van der Waals surface area contributed by atoms with Gasteiger partial charge in [0.1, 0.15) is 11.6 Å². The average molecular weight is 285 g/mol. The van der Waals surface area contributed by atoms with E-state index in [0.29, 0.717) is 19.5 Å². The molecule has 0 atom stereocenters. The van der Waals surface area contributed by atoms with Crippen LogP contribution in [-0.2, 0) is 0 Å². The van der Waals surface area contributed by atoms with Crippen LogP contribution in [0.25, 0.3) is 0 Å². The fraction of sp³-hybridized carbons (Fsp3) is 0.533. The SMILES string of the molecule is CC(C)N(CCCO)CCC(=O)c1cc(F)cc(F)c1. The van der Waals surface area contributed by atoms with Crippen LogP contribution in [0.15, 0.2) is 18.2 Å². The van der Waals surface area contributed by atoms with Crippen molar-refractivity contribution in [1.82, 2.24) is 4.90 Å². The average Bonchev–Trinajstić information content (AvgIpc) is 2.36. The summed E-state index contributed by atoms with van der Waals surface area (Å²) in [6.45, 7) is 5.31. The Labute approximate surface area is 118 Å². The van der Waals surface area contributed by atoms with E-state index < -0.39 is 11.6 Å². The number of benzene rings is 1. The van der Waals surface area contributed by atoms with Crippen LogP contribution in [0.2, 0.25) is 0 Å². The van der Waals surface area contributed by atoms with Crippen molar-refractivity contribution >= 4 is 5.78 Å². The Bertz CT molecular complexity index is 429. The zero-order valence-electron chi connectivity index (χ0n) is 11.9. The first kappa shape index (κ1) is 16.7. The van der Waals surface area contributed by atoms with Crippen molar-refractivity contribution in [3.8, 4) is 0 Å². The second-order valence-corrected chi connectivity index (χ2v) is 5.04. The highest BCUT2D eigenvalue weighted by molar-refractivity contribution is 5.96. The molecule has 1 aromatic carbocycles. The highest BCUT2D eigenvalue weighted by Crippen LogP contribution is 2.11. The third-order valence-electron chi connectivity index (χ3n) is 3.14. The minimum atomic E-state index is -0.741. The quantitative estimate of drug-likeness (QED) is 0.746. The van der Waals surface area contributed by atoms with E-state index in [9.17, 15) is 13.6 Å². The van der Waals surface area contributed by atoms with Gasteiger partial charge in [-0.2, -0.15) is 0 Å². The van der Waals surface area contributed by atoms with Crippen LogP contribution in [-0.4, -0.2) is 41.5 Å². The first-order valence-electron chi connectivity index (χ1n) is 6.78. The predicted molar refractivity (Wildman–Crippen MR) is 73.7 cm³/mol. The van der Waals surface area contributed by atoms with Gasteiger partial charge < -0.3 is 10.0 Å². The number of hydrogen-bond donors (Lipinski definition) is 1. The Morgan fingerprint density at radius 2 is 1.80 bits per heavy atom. The van der Waals surface area contributed by atoms with Gasteiger partial charge in [-0.25, -0.2) is 8.78 Å². The number of ketones is 1. The van der Waals surface area contributed by atoms with E-state index in [-0.39, 0.29) is 30.4 Å². The Balaban J connectivity index is 2.60. The molecule has 0 fully saturated rings. The number of halogens is 2. The molecular formula is C15H21F2NO2. The maximum atomic E-state index is 13.1. The molecule has 112 valence electrons. The number of Topliss-reactive ketones (excluding diaryl/α,β-unsaturated/α-hetero) is 1. The van der Waals surface area contributed by atoms with Crippen LogP contribution >= 0.6 is 0 Å². The van der Waals surface area contributed by atoms with E-state index in [1.807, 2.05) is 13.8 Å². The Morgan fingerprint density at radius 3 is 2.30 bits per heavy atom. The number of carbonyl (C=O) groups is 1. The fourth-order valence-electron chi connectivity index (χ4n) is 2.01. The van der Waals surface area contributed by atoms with Crippen molar-refractivity contribution in [1.29, 1.82) is 0 Å². The largest absolute Gasteiger partial charge is 0.396 e. The first-order chi connectivity index (χ1) is 9.43. The molecule has 0 aliphatic heterocycles. The number of nitrogens with zero attached hydrogens (tertiary/aromatic N) is 1. The van der Waals surface area contributed by atoms with Crippen molar-refractivity contribution in [3.05, 3.63) is 35.4 Å². The second kappa shape index (κ2) is 8.07. The van der Waals surface area contributed by atoms with Crippen molar-refractivity contribution in [2.45, 2.75) is 32.7 Å². The third-order valence-corrected chi connectivity index (χ3v) is 3.14. The van der Waals surface area contributed by atoms with E-state index in [1.54, 1.807) is 0 Å². The van der Waals surface area contributed by atoms with E-state index >= 15 is 0 Å². The van der Waals surface area contributed by atoms with Crippen LogP contribution in [0.3, 0.4) is 0 Å². The van der Waals surface area contributed by atoms with E-state index in [0.717, 1.165) is 18.2 Å². The van der Waals surface area contributed by atoms with Crippen LogP contribution in [0.5, 0.6) is 0 Å². The highest BCUT2D eigenvalue weighted by Gasteiger charge is 2.14. The molecule has 0 heterocycles. The fourth-order valence-corrected chi connectivity index (χ4v) is 2.01. The van der Waals surface area contributed by atoms with Crippen molar-refractivity contribution in [2.24, 2.45) is 0 Å². The number of aliphatic hydroxyl groups is 1. The molecule has 0 bridgehead atoms. The van der Waals surface area contributed by atoms with Gasteiger partial charge in [0.05, 0.1) is 0 Å². The summed E-state index contributed by atoms with van der Waals surface area (Å²) in [5.74, 6) is -1.76. The summed E-state index contributed by atoms with van der Waals surface area (Å²) in [5.41, 5.74) is 0.0633. The van der Waals surface area contributed by atoms with E-state index in [2.05, 4.69) is 4.90 Å². The molecule has 0 radical (unpaired) electrons. The molecule has 1 aromatic rings. The summed E-state index contributed by atoms with van der Waals surface area (Å²) in [5, 5.41) is 8.84. The predicted octanol–water partition coefficient (Wildman–Crippen LogP) is 2.63. The lowest BCUT2D eigenvalue weighted by Crippen LogP contribution is -2.34. The van der Waals surface area contributed by atoms with Crippen LogP contribution in [0, 0.1) is 11.6 Å². The number of carbonyl (C=O) groups excluding carboxylic acids is 1. The summed E-state index contributed by atoms with van der Waals surface area (Å²) >= 11 is 0. The van der Waals surface area contributed by atoms with Crippen molar-refractivity contribution < 1.29 is 18.7 Å². The van der Waals surface area contributed by atoms with Gasteiger partial charge in [-0.15, -0.1) is 0 Å². The molecule has 0 saturated heterocycles. The summed E-state index contributed by atoms with van der Waals surface area (Å²) in [6.07, 6.45) is 0.841. The Kier molecular flexibility index (Phi) is 6.75. The number of aliphatic hydroxyl groups excluding tert-OH is 1. The van der Waals surface area contributed by atoms with Gasteiger partial charge in [0.25, 0.3) is 0 Å². The maximum absolute atomic E-state index is 13.1. The summed E-state index contributed by atoms with van der Waals surface area (Å²) in [6, 6.07) is 3.11. The number of hydrogen-bond acceptors (Lipinski definition) is 3. The van der Waals surface area contributed by atoms with Gasteiger partial charge in [-0.05, 0) is 32.4 Å². The molecule has 1 N–H and O–H groups in total. The smallest absolute Gasteiger partial charge is 0.164 e. The van der Waals surface area contributed by atoms with Crippen LogP contribution < -0.4 is 0 Å². The normalized spacial score (nSPS) is 11.3. The molecule has 20 heavy (non-hydrogen) atoms. The molecular weight excluding hydrogens is 264 g/mol. The van der Waals surface area contributed by atoms with Gasteiger partial charge in [-0.3, -0.25) is 4.79 Å². The van der Waals surface area contributed by atoms with Gasteiger partial charge >= 0.3 is 0 Å². The summed E-state index contributed by atoms with van der Waals surface area (Å²) in [7, 11) is 0. The highest BCUT2D eigenvalue weighted by atomic mass is 19.1. The lowest BCUT2D eigenvalue weighted by Gasteiger charge is -2.25. The Hall–Kier alpha value is -1.33. The molecule has 0 saturated carbocycles. The van der Waals surface area contributed by atoms with E-state index in [4.69, 9.17) is 5.11 Å². The minimum Gasteiger partial charge on any atom is -0.396 e. The van der Waals surface area contributed by atoms with Crippen LogP contribution in [0.1, 0.15) is 37.0 Å². The molecule has 0 aliphatic rings. The molecule has 0 amide bonds. The monoisotopic (exact) mass is 285 g/mol. The van der Waals surface area contributed by atoms with Gasteiger partial charge in [-0.1, -0.05) is 0 Å². The molecule has 0 aliphatic carbocycles. The summed E-state index contributed by atoms with van der Waals surface area (Å²) in [4.78, 5) is 14.0. The van der Waals surface area contributed by atoms with Gasteiger partial charge in [0, 0.05) is 43.8 Å². The Morgan fingerprint density at radius 1 is 1.20 bits per heavy atom. The molecule has 0 spiro atoms. The molecule has 0 unspecified atom stereocenters. The molecule has 1 rings (SSSR count). The lowest BCUT2D eigenvalue weighted by atomic mass is 10.1. The van der Waals surface area contributed by atoms with Crippen molar-refractivity contribution in [3.63, 3.8) is 0 Å². The molecule has 5 heteroatoms. The molecule has 0 aromatic heterocycles. The van der Waals surface area contributed by atoms with Gasteiger partial charge in [0.15, 0.2) is 5.78 Å². The van der Waals surface area contributed by atoms with E-state index in [1.165, 1.54) is 0 Å². The van der Waals surface area contributed by atoms with Crippen molar-refractivity contribution in [2.75, 3.05) is 19.7 Å². The topological polar surface area (TPSA) is 40.5 Å².